The van der Waals surface area contributed by atoms with E-state index in [0.717, 1.165) is 19.4 Å². The summed E-state index contributed by atoms with van der Waals surface area (Å²) in [6, 6.07) is 9.59. The van der Waals surface area contributed by atoms with Crippen molar-refractivity contribution in [1.82, 2.24) is 25.3 Å². The van der Waals surface area contributed by atoms with Crippen molar-refractivity contribution in [3.63, 3.8) is 0 Å². The average molecular weight is 582 g/mol. The van der Waals surface area contributed by atoms with Gasteiger partial charge in [0.05, 0.1) is 17.7 Å². The van der Waals surface area contributed by atoms with Gasteiger partial charge in [0.2, 0.25) is 17.6 Å². The first-order chi connectivity index (χ1) is 20.4. The van der Waals surface area contributed by atoms with Gasteiger partial charge in [-0.3, -0.25) is 14.5 Å². The van der Waals surface area contributed by atoms with Gasteiger partial charge in [0.1, 0.15) is 23.4 Å². The second-order valence-electron chi connectivity index (χ2n) is 11.1. The molecule has 2 aliphatic rings. The minimum absolute atomic E-state index is 0.0850. The van der Waals surface area contributed by atoms with E-state index in [0.29, 0.717) is 50.3 Å². The number of hydrogen-bond donors (Lipinski definition) is 1. The zero-order chi connectivity index (χ0) is 29.5. The Kier molecular flexibility index (Phi) is 9.78. The van der Waals surface area contributed by atoms with Crippen molar-refractivity contribution in [1.29, 1.82) is 0 Å². The lowest BCUT2D eigenvalue weighted by Gasteiger charge is -2.36. The Morgan fingerprint density at radius 3 is 2.57 bits per heavy atom. The number of amides is 2. The first-order valence-corrected chi connectivity index (χ1v) is 14.7. The summed E-state index contributed by atoms with van der Waals surface area (Å²) in [6.45, 7) is 5.25. The molecule has 0 unspecified atom stereocenters. The third kappa shape index (κ3) is 7.50. The van der Waals surface area contributed by atoms with Gasteiger partial charge in [0, 0.05) is 45.2 Å². The van der Waals surface area contributed by atoms with Gasteiger partial charge in [-0.25, -0.2) is 8.78 Å². The van der Waals surface area contributed by atoms with Crippen LogP contribution in [-0.4, -0.2) is 77.1 Å². The number of hydrogen-bond acceptors (Lipinski definition) is 7. The number of ether oxygens (including phenoxy) is 1. The number of halogens is 2. The van der Waals surface area contributed by atoms with Gasteiger partial charge in [-0.05, 0) is 56.4 Å². The maximum Gasteiger partial charge on any atom is 0.254 e. The fourth-order valence-corrected chi connectivity index (χ4v) is 5.60. The SMILES string of the molecule is C[C@@H](NC(=O)c1ccccc1F)C(=O)N1CCN(CCCOc2ccc(-c3noc(CC4CCCC4)n3)c(F)c2)CC1. The summed E-state index contributed by atoms with van der Waals surface area (Å²) in [6.07, 6.45) is 6.31. The number of carbonyl (C=O) groups excluding carboxylic acids is 2. The van der Waals surface area contributed by atoms with Crippen LogP contribution in [0.4, 0.5) is 8.78 Å². The van der Waals surface area contributed by atoms with E-state index < -0.39 is 23.6 Å². The lowest BCUT2D eigenvalue weighted by molar-refractivity contribution is -0.134. The molecule has 0 bridgehead atoms. The van der Waals surface area contributed by atoms with Crippen LogP contribution in [0.3, 0.4) is 0 Å². The lowest BCUT2D eigenvalue weighted by Crippen LogP contribution is -2.54. The first kappa shape index (κ1) is 29.6. The quantitative estimate of drug-likeness (QED) is 0.333. The van der Waals surface area contributed by atoms with E-state index in [-0.39, 0.29) is 22.9 Å². The average Bonchev–Trinajstić information content (AvgIpc) is 3.68. The van der Waals surface area contributed by atoms with Gasteiger partial charge in [0.15, 0.2) is 0 Å². The van der Waals surface area contributed by atoms with Crippen molar-refractivity contribution in [3.8, 4) is 17.1 Å². The van der Waals surface area contributed by atoms with E-state index in [2.05, 4.69) is 20.4 Å². The van der Waals surface area contributed by atoms with Crippen LogP contribution in [0.2, 0.25) is 0 Å². The highest BCUT2D eigenvalue weighted by Gasteiger charge is 2.26. The van der Waals surface area contributed by atoms with Gasteiger partial charge in [-0.15, -0.1) is 0 Å². The molecular formula is C31H37F2N5O4. The van der Waals surface area contributed by atoms with Crippen molar-refractivity contribution in [3.05, 3.63) is 65.6 Å². The Bertz CT molecular complexity index is 1370. The molecule has 2 aromatic carbocycles. The molecule has 11 heteroatoms. The summed E-state index contributed by atoms with van der Waals surface area (Å²) in [7, 11) is 0. The number of nitrogens with zero attached hydrogens (tertiary/aromatic N) is 4. The number of benzene rings is 2. The Balaban J connectivity index is 1.01. The van der Waals surface area contributed by atoms with E-state index in [9.17, 15) is 18.4 Å². The fourth-order valence-electron chi connectivity index (χ4n) is 5.60. The zero-order valence-corrected chi connectivity index (χ0v) is 23.9. The van der Waals surface area contributed by atoms with E-state index in [1.165, 1.54) is 49.9 Å². The van der Waals surface area contributed by atoms with E-state index in [4.69, 9.17) is 9.26 Å². The molecule has 2 amide bonds. The number of carbonyl (C=O) groups is 2. The van der Waals surface area contributed by atoms with Gasteiger partial charge in [-0.2, -0.15) is 4.98 Å². The molecule has 5 rings (SSSR count). The molecule has 1 saturated heterocycles. The largest absolute Gasteiger partial charge is 0.493 e. The van der Waals surface area contributed by atoms with E-state index in [1.807, 2.05) is 0 Å². The summed E-state index contributed by atoms with van der Waals surface area (Å²) in [4.78, 5) is 33.5. The van der Waals surface area contributed by atoms with E-state index >= 15 is 0 Å². The van der Waals surface area contributed by atoms with Crippen molar-refractivity contribution in [2.24, 2.45) is 5.92 Å². The summed E-state index contributed by atoms with van der Waals surface area (Å²) in [5.41, 5.74) is 0.204. The molecule has 1 N–H and O–H groups in total. The molecule has 3 aromatic rings. The number of piperazine rings is 1. The van der Waals surface area contributed by atoms with Crippen molar-refractivity contribution >= 4 is 11.8 Å². The van der Waals surface area contributed by atoms with Gasteiger partial charge < -0.3 is 19.5 Å². The highest BCUT2D eigenvalue weighted by atomic mass is 19.1. The summed E-state index contributed by atoms with van der Waals surface area (Å²) in [5.74, 6) is -0.0644. The highest BCUT2D eigenvalue weighted by molar-refractivity contribution is 5.97. The predicted octanol–water partition coefficient (Wildman–Crippen LogP) is 4.48. The summed E-state index contributed by atoms with van der Waals surface area (Å²) >= 11 is 0. The van der Waals surface area contributed by atoms with Crippen LogP contribution in [0, 0.1) is 17.6 Å². The summed E-state index contributed by atoms with van der Waals surface area (Å²) in [5, 5.41) is 6.57. The van der Waals surface area contributed by atoms with Crippen LogP contribution in [0.25, 0.3) is 11.4 Å². The molecule has 1 aliphatic heterocycles. The van der Waals surface area contributed by atoms with Gasteiger partial charge in [-0.1, -0.05) is 30.1 Å². The number of nitrogens with one attached hydrogen (secondary N) is 1. The van der Waals surface area contributed by atoms with Crippen LogP contribution in [0.5, 0.6) is 5.75 Å². The molecule has 1 aliphatic carbocycles. The molecule has 1 saturated carbocycles. The molecule has 1 aromatic heterocycles. The number of aromatic nitrogens is 2. The van der Waals surface area contributed by atoms with Crippen LogP contribution in [0.1, 0.15) is 55.3 Å². The maximum absolute atomic E-state index is 14.8. The molecule has 42 heavy (non-hydrogen) atoms. The van der Waals surface area contributed by atoms with Crippen LogP contribution < -0.4 is 10.1 Å². The van der Waals surface area contributed by atoms with Gasteiger partial charge in [0.25, 0.3) is 5.91 Å². The molecule has 0 spiro atoms. The highest BCUT2D eigenvalue weighted by Crippen LogP contribution is 2.29. The topological polar surface area (TPSA) is 101 Å². The van der Waals surface area contributed by atoms with Crippen LogP contribution in [-0.2, 0) is 11.2 Å². The van der Waals surface area contributed by atoms with E-state index in [1.54, 1.807) is 30.0 Å². The molecule has 9 nitrogen and oxygen atoms in total. The van der Waals surface area contributed by atoms with Crippen molar-refractivity contribution in [2.45, 2.75) is 51.5 Å². The van der Waals surface area contributed by atoms with Gasteiger partial charge >= 0.3 is 0 Å². The second-order valence-corrected chi connectivity index (χ2v) is 11.1. The maximum atomic E-state index is 14.8. The minimum Gasteiger partial charge on any atom is -0.493 e. The molecular weight excluding hydrogens is 544 g/mol. The lowest BCUT2D eigenvalue weighted by atomic mass is 10.0. The Hall–Kier alpha value is -3.86. The normalized spacial score (nSPS) is 16.9. The minimum atomic E-state index is -0.761. The Morgan fingerprint density at radius 1 is 1.07 bits per heavy atom. The third-order valence-corrected chi connectivity index (χ3v) is 8.00. The van der Waals surface area contributed by atoms with Crippen molar-refractivity contribution in [2.75, 3.05) is 39.3 Å². The molecule has 0 radical (unpaired) electrons. The monoisotopic (exact) mass is 581 g/mol. The summed E-state index contributed by atoms with van der Waals surface area (Å²) < 4.78 is 39.8. The third-order valence-electron chi connectivity index (χ3n) is 8.00. The second kappa shape index (κ2) is 13.9. The molecule has 224 valence electrons. The standard InChI is InChI=1S/C31H37F2N5O4/c1-21(34-30(39)25-9-4-5-10-26(25)32)31(40)38-16-14-37(15-17-38)13-6-18-41-23-11-12-24(27(33)20-23)29-35-28(42-36-29)19-22-7-2-3-8-22/h4-5,9-12,20-22H,2-3,6-8,13-19H2,1H3,(H,34,39)/t21-/m1/s1. The Morgan fingerprint density at radius 2 is 1.83 bits per heavy atom. The first-order valence-electron chi connectivity index (χ1n) is 14.7. The smallest absolute Gasteiger partial charge is 0.254 e. The molecule has 2 fully saturated rings. The number of rotatable bonds is 11. The van der Waals surface area contributed by atoms with Crippen LogP contribution in [0.15, 0.2) is 47.0 Å². The van der Waals surface area contributed by atoms with Crippen LogP contribution >= 0.6 is 0 Å². The molecule has 1 atom stereocenters. The molecule has 2 heterocycles. The fraction of sp³-hybridized carbons (Fsp3) is 0.484. The van der Waals surface area contributed by atoms with Crippen molar-refractivity contribution < 1.29 is 27.6 Å². The zero-order valence-electron chi connectivity index (χ0n) is 23.9. The predicted molar refractivity (Wildman–Crippen MR) is 152 cm³/mol. The Labute approximate surface area is 244 Å².